The van der Waals surface area contributed by atoms with E-state index in [1.165, 1.54) is 0 Å². The van der Waals surface area contributed by atoms with Crippen LogP contribution in [-0.4, -0.2) is 30.8 Å². The summed E-state index contributed by atoms with van der Waals surface area (Å²) in [7, 11) is 0. The molecule has 0 amide bonds. The quantitative estimate of drug-likeness (QED) is 0.622. The molecule has 6 nitrogen and oxygen atoms in total. The maximum atomic E-state index is 11.4. The molecule has 2 aromatic heterocycles. The number of hydrogen-bond acceptors (Lipinski definition) is 4. The minimum atomic E-state index is -0.975. The van der Waals surface area contributed by atoms with Crippen LogP contribution in [0.3, 0.4) is 0 Å². The van der Waals surface area contributed by atoms with Crippen LogP contribution in [0.15, 0.2) is 42.6 Å². The molecule has 0 spiro atoms. The number of carbonyl (C=O) groups is 1. The molecular weight excluding hydrogens is 352 g/mol. The predicted octanol–water partition coefficient (Wildman–Crippen LogP) is 4.55. The summed E-state index contributed by atoms with van der Waals surface area (Å²) in [6.45, 7) is 7.02. The third kappa shape index (κ3) is 4.44. The Morgan fingerprint density at radius 3 is 2.57 bits per heavy atom. The van der Waals surface area contributed by atoms with Gasteiger partial charge in [-0.1, -0.05) is 51.5 Å². The van der Waals surface area contributed by atoms with Crippen molar-refractivity contribution in [2.24, 2.45) is 0 Å². The fourth-order valence-corrected chi connectivity index (χ4v) is 3.03. The molecule has 0 atom stereocenters. The smallest absolute Gasteiger partial charge is 0.337 e. The molecule has 0 radical (unpaired) electrons. The van der Waals surface area contributed by atoms with Gasteiger partial charge in [0.1, 0.15) is 5.82 Å². The van der Waals surface area contributed by atoms with Gasteiger partial charge in [0.15, 0.2) is 5.82 Å². The van der Waals surface area contributed by atoms with E-state index in [1.54, 1.807) is 18.3 Å². The van der Waals surface area contributed by atoms with E-state index < -0.39 is 5.97 Å². The topological polar surface area (TPSA) is 80.9 Å². The van der Waals surface area contributed by atoms with Gasteiger partial charge in [-0.2, -0.15) is 5.10 Å². The second kappa shape index (κ2) is 8.78. The fraction of sp³-hybridized carbons (Fsp3) is 0.364. The Hall–Kier alpha value is -3.02. The number of aromatic carboxylic acids is 1. The number of pyridine rings is 1. The third-order valence-electron chi connectivity index (χ3n) is 4.63. The van der Waals surface area contributed by atoms with Crippen molar-refractivity contribution in [2.75, 3.05) is 0 Å². The molecule has 0 unspecified atom stereocenters. The molecule has 0 saturated carbocycles. The van der Waals surface area contributed by atoms with Gasteiger partial charge in [-0.15, -0.1) is 0 Å². The maximum absolute atomic E-state index is 11.4. The number of rotatable bonds is 8. The molecule has 0 aliphatic carbocycles. The number of aryl methyl sites for hydroxylation is 1. The van der Waals surface area contributed by atoms with E-state index >= 15 is 0 Å². The van der Waals surface area contributed by atoms with Gasteiger partial charge in [-0.25, -0.2) is 14.5 Å². The van der Waals surface area contributed by atoms with Gasteiger partial charge in [-0.3, -0.25) is 4.98 Å². The van der Waals surface area contributed by atoms with E-state index in [1.807, 2.05) is 28.9 Å². The van der Waals surface area contributed by atoms with Gasteiger partial charge in [0.25, 0.3) is 0 Å². The molecule has 0 saturated heterocycles. The summed E-state index contributed by atoms with van der Waals surface area (Å²) in [6.07, 6.45) is 4.74. The lowest BCUT2D eigenvalue weighted by atomic mass is 10.0. The highest BCUT2D eigenvalue weighted by Crippen LogP contribution is 2.22. The molecule has 0 aliphatic heterocycles. The van der Waals surface area contributed by atoms with Crippen molar-refractivity contribution < 1.29 is 9.90 Å². The summed E-state index contributed by atoms with van der Waals surface area (Å²) in [6, 6.07) is 11.0. The predicted molar refractivity (Wildman–Crippen MR) is 108 cm³/mol. The van der Waals surface area contributed by atoms with Crippen molar-refractivity contribution in [3.8, 4) is 11.3 Å². The second-order valence-electron chi connectivity index (χ2n) is 7.20. The Bertz CT molecular complexity index is 945. The lowest BCUT2D eigenvalue weighted by Crippen LogP contribution is -2.07. The van der Waals surface area contributed by atoms with Gasteiger partial charge in [0.05, 0.1) is 17.8 Å². The zero-order valence-electron chi connectivity index (χ0n) is 16.6. The highest BCUT2D eigenvalue weighted by atomic mass is 16.4. The highest BCUT2D eigenvalue weighted by molar-refractivity contribution is 5.94. The van der Waals surface area contributed by atoms with Crippen molar-refractivity contribution in [1.82, 2.24) is 19.7 Å². The van der Waals surface area contributed by atoms with Crippen LogP contribution in [-0.2, 0) is 13.0 Å². The van der Waals surface area contributed by atoms with Crippen LogP contribution < -0.4 is 0 Å². The maximum Gasteiger partial charge on any atom is 0.337 e. The Labute approximate surface area is 165 Å². The normalized spacial score (nSPS) is 11.1. The molecule has 0 bridgehead atoms. The van der Waals surface area contributed by atoms with Gasteiger partial charge in [-0.05, 0) is 24.1 Å². The summed E-state index contributed by atoms with van der Waals surface area (Å²) in [5.74, 6) is 1.22. The highest BCUT2D eigenvalue weighted by Gasteiger charge is 2.14. The zero-order chi connectivity index (χ0) is 20.1. The van der Waals surface area contributed by atoms with Crippen molar-refractivity contribution in [3.05, 3.63) is 65.4 Å². The Morgan fingerprint density at radius 2 is 1.93 bits per heavy atom. The molecule has 6 heteroatoms. The minimum absolute atomic E-state index is 0.204. The fourth-order valence-electron chi connectivity index (χ4n) is 3.03. The van der Waals surface area contributed by atoms with Gasteiger partial charge < -0.3 is 5.11 Å². The first-order valence-corrected chi connectivity index (χ1v) is 9.70. The number of hydrogen-bond donors (Lipinski definition) is 1. The van der Waals surface area contributed by atoms with Crippen molar-refractivity contribution in [3.63, 3.8) is 0 Å². The zero-order valence-corrected chi connectivity index (χ0v) is 16.6. The van der Waals surface area contributed by atoms with Crippen molar-refractivity contribution >= 4 is 5.97 Å². The summed E-state index contributed by atoms with van der Waals surface area (Å²) in [5.41, 5.74) is 2.56. The summed E-state index contributed by atoms with van der Waals surface area (Å²) < 4.78 is 1.99. The summed E-state index contributed by atoms with van der Waals surface area (Å²) in [5, 5.41) is 14.1. The van der Waals surface area contributed by atoms with Crippen LogP contribution in [0.1, 0.15) is 67.1 Å². The van der Waals surface area contributed by atoms with E-state index in [4.69, 9.17) is 10.1 Å². The molecule has 1 aromatic carbocycles. The van der Waals surface area contributed by atoms with Crippen LogP contribution in [0, 0.1) is 0 Å². The van der Waals surface area contributed by atoms with Gasteiger partial charge >= 0.3 is 5.97 Å². The first kappa shape index (κ1) is 19.7. The number of nitrogens with zero attached hydrogens (tertiary/aromatic N) is 4. The Kier molecular flexibility index (Phi) is 6.19. The average molecular weight is 378 g/mol. The summed E-state index contributed by atoms with van der Waals surface area (Å²) in [4.78, 5) is 20.4. The molecule has 3 aromatic rings. The number of benzene rings is 1. The second-order valence-corrected chi connectivity index (χ2v) is 7.20. The summed E-state index contributed by atoms with van der Waals surface area (Å²) >= 11 is 0. The Balaban J connectivity index is 1.84. The van der Waals surface area contributed by atoms with E-state index in [2.05, 4.69) is 25.8 Å². The van der Waals surface area contributed by atoms with E-state index in [-0.39, 0.29) is 5.56 Å². The van der Waals surface area contributed by atoms with Crippen molar-refractivity contribution in [2.45, 2.75) is 52.5 Å². The van der Waals surface area contributed by atoms with E-state index in [0.29, 0.717) is 18.2 Å². The molecule has 1 N–H and O–H groups in total. The van der Waals surface area contributed by atoms with Crippen LogP contribution in [0.5, 0.6) is 0 Å². The number of aromatic nitrogens is 4. The lowest BCUT2D eigenvalue weighted by Gasteiger charge is -2.08. The third-order valence-corrected chi connectivity index (χ3v) is 4.63. The van der Waals surface area contributed by atoms with Crippen LogP contribution in [0.2, 0.25) is 0 Å². The standard InChI is InChI=1S/C22H26N4O2/c1-4-5-8-19-24-21(15(2)3)25-26(19)14-16-9-11-17(12-10-16)20-18(22(27)28)7-6-13-23-20/h6-7,9-13,15H,4-5,8,14H2,1-3H3,(H,27,28). The average Bonchev–Trinajstić information content (AvgIpc) is 3.10. The molecule has 0 aliphatic rings. The largest absolute Gasteiger partial charge is 0.478 e. The first-order chi connectivity index (χ1) is 13.5. The van der Waals surface area contributed by atoms with Crippen molar-refractivity contribution in [1.29, 1.82) is 0 Å². The minimum Gasteiger partial charge on any atom is -0.478 e. The molecule has 3 rings (SSSR count). The number of unbranched alkanes of at least 4 members (excludes halogenated alkanes) is 1. The molecular formula is C22H26N4O2. The van der Waals surface area contributed by atoms with Gasteiger partial charge in [0, 0.05) is 24.1 Å². The molecule has 28 heavy (non-hydrogen) atoms. The van der Waals surface area contributed by atoms with Crippen LogP contribution >= 0.6 is 0 Å². The van der Waals surface area contributed by atoms with Crippen LogP contribution in [0.4, 0.5) is 0 Å². The first-order valence-electron chi connectivity index (χ1n) is 9.70. The Morgan fingerprint density at radius 1 is 1.18 bits per heavy atom. The molecule has 0 fully saturated rings. The lowest BCUT2D eigenvalue weighted by molar-refractivity contribution is 0.0697. The molecule has 2 heterocycles. The number of carboxylic acids is 1. The van der Waals surface area contributed by atoms with Crippen LogP contribution in [0.25, 0.3) is 11.3 Å². The van der Waals surface area contributed by atoms with E-state index in [0.717, 1.165) is 42.0 Å². The molecule has 146 valence electrons. The SMILES string of the molecule is CCCCc1nc(C(C)C)nn1Cc1ccc(-c2ncccc2C(=O)O)cc1. The monoisotopic (exact) mass is 378 g/mol. The van der Waals surface area contributed by atoms with E-state index in [9.17, 15) is 9.90 Å². The number of carboxylic acid groups (broad SMARTS) is 1. The van der Waals surface area contributed by atoms with Gasteiger partial charge in [0.2, 0.25) is 0 Å².